The van der Waals surface area contributed by atoms with Crippen LogP contribution in [0.15, 0.2) is 0 Å². The summed E-state index contributed by atoms with van der Waals surface area (Å²) >= 11 is 0. The molecule has 0 aromatic heterocycles. The van der Waals surface area contributed by atoms with Crippen molar-refractivity contribution < 1.29 is 97.9 Å². The van der Waals surface area contributed by atoms with Gasteiger partial charge in [0, 0.05) is 6.42 Å². The lowest BCUT2D eigenvalue weighted by molar-refractivity contribution is -0.355. The van der Waals surface area contributed by atoms with Gasteiger partial charge in [0.15, 0.2) is 0 Å². The fraction of sp³-hybridized carbons (Fsp3) is 0.727. The van der Waals surface area contributed by atoms with Crippen LogP contribution in [0.3, 0.4) is 0 Å². The van der Waals surface area contributed by atoms with E-state index in [1.54, 1.807) is 0 Å². The first-order valence-electron chi connectivity index (χ1n) is 7.32. The summed E-state index contributed by atoms with van der Waals surface area (Å²) in [4.78, 5) is 32.5. The normalized spacial score (nSPS) is 14.5. The molecule has 0 aliphatic heterocycles. The molecule has 0 N–H and O–H groups in total. The average molecular weight is 564 g/mol. The van der Waals surface area contributed by atoms with Gasteiger partial charge in [-0.05, 0) is 0 Å². The number of halogens is 16. The Labute approximate surface area is 175 Å². The van der Waals surface area contributed by atoms with E-state index >= 15 is 0 Å². The molecular formula is C11H4F16O6Si. The Balaban J connectivity index is 6.62. The smallest absolute Gasteiger partial charge is 0.448 e. The molecule has 0 aromatic rings. The monoisotopic (exact) mass is 564 g/mol. The van der Waals surface area contributed by atoms with Crippen LogP contribution in [0.25, 0.3) is 0 Å². The maximum Gasteiger partial charge on any atom is 0.706 e. The topological polar surface area (TPSA) is 78.9 Å². The van der Waals surface area contributed by atoms with Gasteiger partial charge >= 0.3 is 63.3 Å². The number of rotatable bonds is 7. The van der Waals surface area contributed by atoms with Crippen molar-refractivity contribution in [3.8, 4) is 0 Å². The third-order valence-electron chi connectivity index (χ3n) is 3.00. The van der Waals surface area contributed by atoms with E-state index in [0.29, 0.717) is 0 Å². The maximum atomic E-state index is 13.4. The minimum absolute atomic E-state index is 2.96. The number of hydrogen-bond acceptors (Lipinski definition) is 6. The van der Waals surface area contributed by atoms with Crippen molar-refractivity contribution in [3.05, 3.63) is 0 Å². The average Bonchev–Trinajstić information content (AvgIpc) is 2.56. The minimum Gasteiger partial charge on any atom is -0.448 e. The fourth-order valence-electron chi connectivity index (χ4n) is 1.49. The van der Waals surface area contributed by atoms with E-state index < -0.39 is 75.7 Å². The first-order chi connectivity index (χ1) is 14.6. The van der Waals surface area contributed by atoms with Crippen LogP contribution in [-0.2, 0) is 27.7 Å². The van der Waals surface area contributed by atoms with E-state index in [1.165, 1.54) is 0 Å². The Hall–Kier alpha value is -2.49. The number of alkyl halides is 16. The van der Waals surface area contributed by atoms with E-state index in [2.05, 4.69) is 13.3 Å². The molecule has 0 aliphatic rings. The van der Waals surface area contributed by atoms with Gasteiger partial charge in [-0.1, -0.05) is 0 Å². The van der Waals surface area contributed by atoms with Gasteiger partial charge in [-0.15, -0.1) is 0 Å². The summed E-state index contributed by atoms with van der Waals surface area (Å²) < 4.78 is 209. The third-order valence-corrected chi connectivity index (χ3v) is 5.35. The Morgan fingerprint density at radius 1 is 0.529 bits per heavy atom. The van der Waals surface area contributed by atoms with Crippen molar-refractivity contribution in [3.63, 3.8) is 0 Å². The molecule has 0 saturated heterocycles. The van der Waals surface area contributed by atoms with Crippen LogP contribution in [0.5, 0.6) is 0 Å². The second-order valence-corrected chi connectivity index (χ2v) is 8.10. The number of carbonyl (C=O) groups is 3. The molecule has 23 heteroatoms. The van der Waals surface area contributed by atoms with Crippen LogP contribution >= 0.6 is 0 Å². The van der Waals surface area contributed by atoms with E-state index in [0.717, 1.165) is 0 Å². The summed E-state index contributed by atoms with van der Waals surface area (Å²) in [5, 5.41) is 0. The summed E-state index contributed by atoms with van der Waals surface area (Å²) in [5.74, 6) is -25.5. The van der Waals surface area contributed by atoms with Gasteiger partial charge in [0.05, 0.1) is 6.04 Å². The molecule has 0 unspecified atom stereocenters. The van der Waals surface area contributed by atoms with Crippen LogP contribution < -0.4 is 0 Å². The molecule has 0 atom stereocenters. The van der Waals surface area contributed by atoms with E-state index in [4.69, 9.17) is 0 Å². The minimum atomic E-state index is -7.45. The van der Waals surface area contributed by atoms with Gasteiger partial charge in [0.25, 0.3) is 0 Å². The molecule has 0 heterocycles. The van der Waals surface area contributed by atoms with Gasteiger partial charge in [0.1, 0.15) is 0 Å². The zero-order chi connectivity index (χ0) is 27.8. The van der Waals surface area contributed by atoms with E-state index in [-0.39, 0.29) is 0 Å². The summed E-state index contributed by atoms with van der Waals surface area (Å²) in [7, 11) is -7.45. The first kappa shape index (κ1) is 31.5. The van der Waals surface area contributed by atoms with E-state index in [9.17, 15) is 84.6 Å². The van der Waals surface area contributed by atoms with Gasteiger partial charge in [-0.2, -0.15) is 70.2 Å². The predicted molar refractivity (Wildman–Crippen MR) is 67.6 cm³/mol. The molecule has 6 nitrogen and oxygen atoms in total. The van der Waals surface area contributed by atoms with Crippen LogP contribution in [-0.4, -0.2) is 63.3 Å². The lowest BCUT2D eigenvalue weighted by Gasteiger charge is -2.32. The molecule has 0 aliphatic carbocycles. The molecule has 0 radical (unpaired) electrons. The van der Waals surface area contributed by atoms with Gasteiger partial charge in [-0.25, -0.2) is 14.4 Å². The van der Waals surface area contributed by atoms with Crippen molar-refractivity contribution >= 4 is 26.7 Å². The standard InChI is InChI=1S/C11H4F16O6Si/c12-6(13,10(23,24)11(25,26)27)1-2-34(31-3(28)7(14,15)16,32-4(29)8(17,18)19)33-5(30)9(20,21)22/h1-2H2. The van der Waals surface area contributed by atoms with Crippen molar-refractivity contribution in [1.82, 2.24) is 0 Å². The summed E-state index contributed by atoms with van der Waals surface area (Å²) in [5.41, 5.74) is 0. The Morgan fingerprint density at radius 2 is 0.794 bits per heavy atom. The van der Waals surface area contributed by atoms with Gasteiger partial charge < -0.3 is 13.3 Å². The quantitative estimate of drug-likeness (QED) is 0.336. The molecule has 0 saturated carbocycles. The molecule has 0 amide bonds. The predicted octanol–water partition coefficient (Wildman–Crippen LogP) is 4.46. The molecule has 0 rings (SSSR count). The SMILES string of the molecule is O=C(O[Si](CCC(F)(F)C(F)(F)C(F)(F)F)(OC(=O)C(F)(F)F)OC(=O)C(F)(F)F)C(F)(F)F. The maximum absolute atomic E-state index is 13.4. The lowest BCUT2D eigenvalue weighted by atomic mass is 10.1. The number of carbonyl (C=O) groups excluding carboxylic acids is 3. The first-order valence-corrected chi connectivity index (χ1v) is 9.25. The zero-order valence-electron chi connectivity index (χ0n) is 14.9. The molecule has 0 bridgehead atoms. The fourth-order valence-corrected chi connectivity index (χ4v) is 3.73. The van der Waals surface area contributed by atoms with Crippen LogP contribution in [0.1, 0.15) is 6.42 Å². The van der Waals surface area contributed by atoms with Crippen LogP contribution in [0.4, 0.5) is 70.2 Å². The van der Waals surface area contributed by atoms with Gasteiger partial charge in [0.2, 0.25) is 0 Å². The largest absolute Gasteiger partial charge is 0.706 e. The molecule has 200 valence electrons. The lowest BCUT2D eigenvalue weighted by Crippen LogP contribution is -2.57. The van der Waals surface area contributed by atoms with Crippen LogP contribution in [0, 0.1) is 0 Å². The molecule has 0 aromatic carbocycles. The zero-order valence-corrected chi connectivity index (χ0v) is 15.9. The Morgan fingerprint density at radius 3 is 1.00 bits per heavy atom. The highest BCUT2D eigenvalue weighted by atomic mass is 28.4. The molecule has 0 fully saturated rings. The molecular weight excluding hydrogens is 560 g/mol. The molecule has 34 heavy (non-hydrogen) atoms. The van der Waals surface area contributed by atoms with Crippen LogP contribution in [0.2, 0.25) is 6.04 Å². The highest BCUT2D eigenvalue weighted by Crippen LogP contribution is 2.49. The van der Waals surface area contributed by atoms with Crippen molar-refractivity contribution in [2.45, 2.75) is 49.0 Å². The van der Waals surface area contributed by atoms with Crippen molar-refractivity contribution in [2.75, 3.05) is 0 Å². The van der Waals surface area contributed by atoms with E-state index in [1.807, 2.05) is 0 Å². The second kappa shape index (κ2) is 9.28. The summed E-state index contributed by atoms with van der Waals surface area (Å²) in [6.45, 7) is 0. The highest BCUT2D eigenvalue weighted by molar-refractivity contribution is 6.66. The number of hydrogen-bond donors (Lipinski definition) is 0. The van der Waals surface area contributed by atoms with Gasteiger partial charge in [-0.3, -0.25) is 0 Å². The third kappa shape index (κ3) is 7.78. The van der Waals surface area contributed by atoms with Crippen molar-refractivity contribution in [1.29, 1.82) is 0 Å². The Bertz CT molecular complexity index is 709. The summed E-state index contributed by atoms with van der Waals surface area (Å²) in [6, 6.07) is -3.07. The molecule has 0 spiro atoms. The highest BCUT2D eigenvalue weighted by Gasteiger charge is 2.74. The van der Waals surface area contributed by atoms with Crippen molar-refractivity contribution in [2.24, 2.45) is 0 Å². The Kier molecular flexibility index (Phi) is 8.60. The summed E-state index contributed by atoms with van der Waals surface area (Å²) in [6.07, 6.45) is -29.8. The second-order valence-electron chi connectivity index (χ2n) is 5.62.